The Morgan fingerprint density at radius 2 is 1.61 bits per heavy atom. The highest BCUT2D eigenvalue weighted by molar-refractivity contribution is 5.91. The zero-order valence-corrected chi connectivity index (χ0v) is 21.6. The maximum absolute atomic E-state index is 12.5. The van der Waals surface area contributed by atoms with Crippen molar-refractivity contribution in [2.75, 3.05) is 0 Å². The fourth-order valence-electron chi connectivity index (χ4n) is 4.55. The maximum Gasteiger partial charge on any atom is 0.334 e. The Kier molecular flexibility index (Phi) is 9.62. The first-order valence-electron chi connectivity index (χ1n) is 11.8. The number of rotatable bonds is 3. The minimum Gasteiger partial charge on any atom is -0.461 e. The first-order valence-corrected chi connectivity index (χ1v) is 11.8. The van der Waals surface area contributed by atoms with Gasteiger partial charge in [-0.1, -0.05) is 24.3 Å². The summed E-state index contributed by atoms with van der Waals surface area (Å²) in [5, 5.41) is 22.7. The van der Waals surface area contributed by atoms with Crippen LogP contribution >= 0.6 is 0 Å². The van der Waals surface area contributed by atoms with Crippen LogP contribution in [0.3, 0.4) is 0 Å². The Morgan fingerprint density at radius 1 is 1.03 bits per heavy atom. The van der Waals surface area contributed by atoms with Gasteiger partial charge in [-0.2, -0.15) is 0 Å². The summed E-state index contributed by atoms with van der Waals surface area (Å²) in [4.78, 5) is 48.0. The molecule has 0 bridgehead atoms. The molecule has 1 aliphatic heterocycles. The van der Waals surface area contributed by atoms with Gasteiger partial charge in [0, 0.05) is 45.6 Å². The number of hydrogen-bond donors (Lipinski definition) is 2. The molecule has 10 nitrogen and oxygen atoms in total. The highest BCUT2D eigenvalue weighted by atomic mass is 16.6. The molecule has 0 radical (unpaired) electrons. The van der Waals surface area contributed by atoms with Crippen molar-refractivity contribution >= 4 is 23.9 Å². The van der Waals surface area contributed by atoms with Crippen molar-refractivity contribution in [1.82, 2.24) is 0 Å². The molecular formula is C26H36O10. The van der Waals surface area contributed by atoms with Gasteiger partial charge in [0.2, 0.25) is 0 Å². The maximum atomic E-state index is 12.5. The van der Waals surface area contributed by atoms with Crippen molar-refractivity contribution < 1.29 is 48.3 Å². The van der Waals surface area contributed by atoms with Gasteiger partial charge >= 0.3 is 23.9 Å². The third-order valence-corrected chi connectivity index (χ3v) is 6.52. The Balaban J connectivity index is 2.65. The topological polar surface area (TPSA) is 146 Å². The SMILES string of the molecule is C=C1C(=O)O[C@H]2[C@H]1[C@H](OC(C)=O)C/C(C)=C/C[C@H](OC(C)=O)/C(C)=C/C[C@@H](OC(C)=O)[C@](C)(O)[C@H]2O. The van der Waals surface area contributed by atoms with Crippen molar-refractivity contribution in [3.05, 3.63) is 35.5 Å². The van der Waals surface area contributed by atoms with E-state index in [0.717, 1.165) is 12.5 Å². The van der Waals surface area contributed by atoms with Crippen LogP contribution in [0.2, 0.25) is 0 Å². The van der Waals surface area contributed by atoms with E-state index in [1.807, 2.05) is 6.08 Å². The fraction of sp³-hybridized carbons (Fsp3) is 0.615. The Labute approximate surface area is 210 Å². The molecule has 7 atom stereocenters. The summed E-state index contributed by atoms with van der Waals surface area (Å²) in [6.07, 6.45) is -1.97. The predicted octanol–water partition coefficient (Wildman–Crippen LogP) is 2.07. The van der Waals surface area contributed by atoms with Crippen LogP contribution in [-0.4, -0.2) is 70.2 Å². The molecule has 0 aromatic heterocycles. The lowest BCUT2D eigenvalue weighted by Gasteiger charge is -2.40. The number of carbonyl (C=O) groups is 4. The van der Waals surface area contributed by atoms with Gasteiger partial charge in [0.25, 0.3) is 0 Å². The van der Waals surface area contributed by atoms with Crippen LogP contribution in [0, 0.1) is 5.92 Å². The number of hydrogen-bond acceptors (Lipinski definition) is 10. The number of aliphatic hydroxyl groups is 2. The average Bonchev–Trinajstić information content (AvgIpc) is 3.05. The molecule has 2 N–H and O–H groups in total. The van der Waals surface area contributed by atoms with Crippen molar-refractivity contribution in [1.29, 1.82) is 0 Å². The normalized spacial score (nSPS) is 36.7. The van der Waals surface area contributed by atoms with E-state index in [9.17, 15) is 29.4 Å². The number of ether oxygens (including phenoxy) is 4. The molecule has 0 amide bonds. The lowest BCUT2D eigenvalue weighted by molar-refractivity contribution is -0.199. The molecule has 1 aliphatic carbocycles. The summed E-state index contributed by atoms with van der Waals surface area (Å²) in [6, 6.07) is 0. The van der Waals surface area contributed by atoms with Gasteiger partial charge in [-0.05, 0) is 26.3 Å². The van der Waals surface area contributed by atoms with Crippen LogP contribution in [-0.2, 0) is 38.1 Å². The van der Waals surface area contributed by atoms with Gasteiger partial charge in [0.05, 0.1) is 5.92 Å². The molecule has 2 rings (SSSR count). The van der Waals surface area contributed by atoms with Gasteiger partial charge < -0.3 is 29.2 Å². The van der Waals surface area contributed by atoms with Crippen LogP contribution in [0.5, 0.6) is 0 Å². The fourth-order valence-corrected chi connectivity index (χ4v) is 4.55. The summed E-state index contributed by atoms with van der Waals surface area (Å²) < 4.78 is 21.7. The molecular weight excluding hydrogens is 472 g/mol. The van der Waals surface area contributed by atoms with E-state index in [-0.39, 0.29) is 18.4 Å². The zero-order valence-electron chi connectivity index (χ0n) is 21.6. The molecule has 1 fully saturated rings. The second kappa shape index (κ2) is 11.8. The Bertz CT molecular complexity index is 960. The summed E-state index contributed by atoms with van der Waals surface area (Å²) in [5.74, 6) is -3.57. The third-order valence-electron chi connectivity index (χ3n) is 6.52. The van der Waals surface area contributed by atoms with Crippen LogP contribution in [0.25, 0.3) is 0 Å². The monoisotopic (exact) mass is 508 g/mol. The van der Waals surface area contributed by atoms with E-state index in [1.165, 1.54) is 20.8 Å². The van der Waals surface area contributed by atoms with Crippen molar-refractivity contribution in [2.45, 2.75) is 96.9 Å². The van der Waals surface area contributed by atoms with E-state index in [1.54, 1.807) is 19.9 Å². The Hall–Kier alpha value is -2.98. The molecule has 200 valence electrons. The highest BCUT2D eigenvalue weighted by Gasteiger charge is 2.55. The molecule has 10 heteroatoms. The standard InChI is InChI=1S/C26H36O10/c1-13-8-10-19(33-16(4)27)14(2)9-11-21(35-18(6)29)26(7,32)24(30)23-22(15(3)25(31)36-23)20(12-13)34-17(5)28/h8-9,19-24,30,32H,3,10-12H2,1-2,4-7H3/b13-8+,14-9+/t19-,20+,21+,22+,23-,24-,26-/m0/s1. The second-order valence-corrected chi connectivity index (χ2v) is 9.61. The third kappa shape index (κ3) is 7.04. The van der Waals surface area contributed by atoms with E-state index in [4.69, 9.17) is 18.9 Å². The minimum absolute atomic E-state index is 0.0152. The molecule has 0 saturated carbocycles. The number of aliphatic hydroxyl groups excluding tert-OH is 1. The van der Waals surface area contributed by atoms with Gasteiger partial charge in [-0.3, -0.25) is 14.4 Å². The molecule has 0 aromatic carbocycles. The predicted molar refractivity (Wildman–Crippen MR) is 127 cm³/mol. The number of esters is 4. The molecule has 0 spiro atoms. The summed E-state index contributed by atoms with van der Waals surface area (Å²) in [6.45, 7) is 12.2. The van der Waals surface area contributed by atoms with Crippen LogP contribution in [0.1, 0.15) is 60.8 Å². The van der Waals surface area contributed by atoms with E-state index in [0.29, 0.717) is 12.0 Å². The zero-order chi connectivity index (χ0) is 27.4. The van der Waals surface area contributed by atoms with Crippen molar-refractivity contribution in [2.24, 2.45) is 5.92 Å². The molecule has 0 aromatic rings. The van der Waals surface area contributed by atoms with E-state index >= 15 is 0 Å². The largest absolute Gasteiger partial charge is 0.461 e. The molecule has 36 heavy (non-hydrogen) atoms. The van der Waals surface area contributed by atoms with Gasteiger partial charge in [-0.25, -0.2) is 4.79 Å². The summed E-state index contributed by atoms with van der Waals surface area (Å²) in [5.41, 5.74) is -0.696. The number of carbonyl (C=O) groups excluding carboxylic acids is 4. The first-order chi connectivity index (χ1) is 16.6. The minimum atomic E-state index is -2.09. The van der Waals surface area contributed by atoms with Gasteiger partial charge in [0.1, 0.15) is 36.1 Å². The molecule has 1 saturated heterocycles. The molecule has 1 heterocycles. The Morgan fingerprint density at radius 3 is 2.17 bits per heavy atom. The van der Waals surface area contributed by atoms with E-state index in [2.05, 4.69) is 6.58 Å². The van der Waals surface area contributed by atoms with Crippen LogP contribution < -0.4 is 0 Å². The second-order valence-electron chi connectivity index (χ2n) is 9.61. The highest BCUT2D eigenvalue weighted by Crippen LogP contribution is 2.39. The van der Waals surface area contributed by atoms with Crippen LogP contribution in [0.15, 0.2) is 35.5 Å². The van der Waals surface area contributed by atoms with Crippen molar-refractivity contribution in [3.8, 4) is 0 Å². The van der Waals surface area contributed by atoms with Crippen LogP contribution in [0.4, 0.5) is 0 Å². The smallest absolute Gasteiger partial charge is 0.334 e. The lowest BCUT2D eigenvalue weighted by Crippen LogP contribution is -2.58. The summed E-state index contributed by atoms with van der Waals surface area (Å²) >= 11 is 0. The van der Waals surface area contributed by atoms with Crippen molar-refractivity contribution in [3.63, 3.8) is 0 Å². The first kappa shape index (κ1) is 29.3. The number of fused-ring (bicyclic) bond motifs is 1. The quantitative estimate of drug-likeness (QED) is 0.251. The average molecular weight is 509 g/mol. The lowest BCUT2D eigenvalue weighted by atomic mass is 9.78. The van der Waals surface area contributed by atoms with Gasteiger partial charge in [0.15, 0.2) is 0 Å². The van der Waals surface area contributed by atoms with E-state index < -0.39 is 65.9 Å². The molecule has 0 unspecified atom stereocenters. The molecule has 2 aliphatic rings. The van der Waals surface area contributed by atoms with Gasteiger partial charge in [-0.15, -0.1) is 0 Å². The summed E-state index contributed by atoms with van der Waals surface area (Å²) in [7, 11) is 0.